The van der Waals surface area contributed by atoms with Crippen molar-refractivity contribution in [2.24, 2.45) is 0 Å². The second-order valence-corrected chi connectivity index (χ2v) is 4.21. The third-order valence-electron chi connectivity index (χ3n) is 2.47. The molecule has 0 bridgehead atoms. The molecule has 7 heteroatoms. The molecule has 0 amide bonds. The molecule has 0 fully saturated rings. The van der Waals surface area contributed by atoms with Gasteiger partial charge in [0, 0.05) is 12.1 Å². The monoisotopic (exact) mass is 295 g/mol. The first kappa shape index (κ1) is 14.7. The van der Waals surface area contributed by atoms with Crippen LogP contribution in [0.3, 0.4) is 0 Å². The van der Waals surface area contributed by atoms with Gasteiger partial charge in [-0.25, -0.2) is 13.6 Å². The van der Waals surface area contributed by atoms with Gasteiger partial charge in [0.15, 0.2) is 23.1 Å². The number of benzene rings is 1. The Morgan fingerprint density at radius 2 is 2.05 bits per heavy atom. The molecule has 0 unspecified atom stereocenters. The van der Waals surface area contributed by atoms with Gasteiger partial charge in [-0.05, 0) is 30.7 Å². The van der Waals surface area contributed by atoms with Crippen molar-refractivity contribution in [2.75, 3.05) is 0 Å². The fourth-order valence-electron chi connectivity index (χ4n) is 1.61. The highest BCUT2D eigenvalue weighted by molar-refractivity contribution is 5.85. The summed E-state index contributed by atoms with van der Waals surface area (Å²) in [5.41, 5.74) is 0.707. The SMILES string of the molecule is Cc1cc(COc2c(F)cc(C=CC(=O)O)cc2F)on1. The number of aryl methyl sites for hydroxylation is 1. The molecule has 2 aromatic rings. The first-order chi connectivity index (χ1) is 9.95. The van der Waals surface area contributed by atoms with Crippen molar-refractivity contribution in [3.63, 3.8) is 0 Å². The molecule has 0 aliphatic rings. The molecule has 1 N–H and O–H groups in total. The molecule has 1 aromatic heterocycles. The first-order valence-corrected chi connectivity index (χ1v) is 5.91. The van der Waals surface area contributed by atoms with Crippen molar-refractivity contribution in [1.82, 2.24) is 5.16 Å². The minimum atomic E-state index is -1.21. The second kappa shape index (κ2) is 6.17. The van der Waals surface area contributed by atoms with Crippen LogP contribution in [0.4, 0.5) is 8.78 Å². The third-order valence-corrected chi connectivity index (χ3v) is 2.47. The van der Waals surface area contributed by atoms with Gasteiger partial charge in [0.2, 0.25) is 0 Å². The largest absolute Gasteiger partial charge is 0.479 e. The molecule has 110 valence electrons. The van der Waals surface area contributed by atoms with Crippen molar-refractivity contribution >= 4 is 12.0 Å². The number of aliphatic carboxylic acids is 1. The number of hydrogen-bond donors (Lipinski definition) is 1. The van der Waals surface area contributed by atoms with E-state index in [1.165, 1.54) is 0 Å². The Morgan fingerprint density at radius 3 is 2.57 bits per heavy atom. The summed E-state index contributed by atoms with van der Waals surface area (Å²) in [6.07, 6.45) is 1.87. The molecule has 0 aliphatic heterocycles. The summed E-state index contributed by atoms with van der Waals surface area (Å²) in [6.45, 7) is 1.54. The number of carbonyl (C=O) groups is 1. The van der Waals surface area contributed by atoms with Crippen LogP contribution in [0.1, 0.15) is 17.0 Å². The van der Waals surface area contributed by atoms with Crippen LogP contribution < -0.4 is 4.74 Å². The van der Waals surface area contributed by atoms with Gasteiger partial charge in [0.1, 0.15) is 6.61 Å². The van der Waals surface area contributed by atoms with Gasteiger partial charge < -0.3 is 14.4 Å². The molecule has 0 aliphatic carbocycles. The molecule has 5 nitrogen and oxygen atoms in total. The van der Waals surface area contributed by atoms with Crippen LogP contribution in [0.25, 0.3) is 6.08 Å². The topological polar surface area (TPSA) is 72.6 Å². The minimum absolute atomic E-state index is 0.0789. The molecular formula is C14H11F2NO4. The molecule has 0 atom stereocenters. The molecule has 1 heterocycles. The molecule has 0 saturated heterocycles. The molecule has 2 rings (SSSR count). The van der Waals surface area contributed by atoms with Crippen molar-refractivity contribution in [2.45, 2.75) is 13.5 Å². The van der Waals surface area contributed by atoms with E-state index in [2.05, 4.69) is 5.16 Å². The summed E-state index contributed by atoms with van der Waals surface area (Å²) in [5, 5.41) is 12.1. The van der Waals surface area contributed by atoms with E-state index in [9.17, 15) is 13.6 Å². The zero-order chi connectivity index (χ0) is 15.4. The summed E-state index contributed by atoms with van der Waals surface area (Å²) in [4.78, 5) is 10.4. The quantitative estimate of drug-likeness (QED) is 0.859. The molecule has 0 saturated carbocycles. The Balaban J connectivity index is 2.15. The molecule has 0 spiro atoms. The number of carboxylic acid groups (broad SMARTS) is 1. The minimum Gasteiger partial charge on any atom is -0.479 e. The fraction of sp³-hybridized carbons (Fsp3) is 0.143. The van der Waals surface area contributed by atoms with Crippen LogP contribution in [0.2, 0.25) is 0 Å². The van der Waals surface area contributed by atoms with E-state index >= 15 is 0 Å². The summed E-state index contributed by atoms with van der Waals surface area (Å²) >= 11 is 0. The molecule has 0 radical (unpaired) electrons. The Kier molecular flexibility index (Phi) is 4.32. The summed E-state index contributed by atoms with van der Waals surface area (Å²) in [6, 6.07) is 3.53. The highest BCUT2D eigenvalue weighted by Crippen LogP contribution is 2.25. The number of nitrogens with zero attached hydrogens (tertiary/aromatic N) is 1. The van der Waals surface area contributed by atoms with Crippen LogP contribution in [-0.2, 0) is 11.4 Å². The fourth-order valence-corrected chi connectivity index (χ4v) is 1.61. The van der Waals surface area contributed by atoms with E-state index in [4.69, 9.17) is 14.4 Å². The first-order valence-electron chi connectivity index (χ1n) is 5.91. The number of aromatic nitrogens is 1. The Bertz CT molecular complexity index is 671. The zero-order valence-corrected chi connectivity index (χ0v) is 11.0. The average molecular weight is 295 g/mol. The van der Waals surface area contributed by atoms with Crippen LogP contribution in [-0.4, -0.2) is 16.2 Å². The summed E-state index contributed by atoms with van der Waals surface area (Å²) in [7, 11) is 0. The van der Waals surface area contributed by atoms with Crippen LogP contribution in [0.15, 0.2) is 28.8 Å². The van der Waals surface area contributed by atoms with Gasteiger partial charge in [-0.15, -0.1) is 0 Å². The highest BCUT2D eigenvalue weighted by Gasteiger charge is 2.13. The van der Waals surface area contributed by atoms with E-state index in [-0.39, 0.29) is 12.2 Å². The van der Waals surface area contributed by atoms with E-state index < -0.39 is 23.4 Å². The number of ether oxygens (including phenoxy) is 1. The number of carboxylic acids is 1. The van der Waals surface area contributed by atoms with E-state index in [1.54, 1.807) is 13.0 Å². The van der Waals surface area contributed by atoms with Gasteiger partial charge in [0.05, 0.1) is 5.69 Å². The lowest BCUT2D eigenvalue weighted by Gasteiger charge is -2.07. The van der Waals surface area contributed by atoms with Crippen LogP contribution >= 0.6 is 0 Å². The maximum atomic E-state index is 13.8. The number of hydrogen-bond acceptors (Lipinski definition) is 4. The van der Waals surface area contributed by atoms with E-state index in [0.29, 0.717) is 11.5 Å². The Morgan fingerprint density at radius 1 is 1.38 bits per heavy atom. The summed E-state index contributed by atoms with van der Waals surface area (Å²) < 4.78 is 37.4. The smallest absolute Gasteiger partial charge is 0.328 e. The lowest BCUT2D eigenvalue weighted by atomic mass is 10.2. The predicted molar refractivity (Wildman–Crippen MR) is 68.6 cm³/mol. The van der Waals surface area contributed by atoms with E-state index in [1.807, 2.05) is 0 Å². The third kappa shape index (κ3) is 3.88. The Labute approximate surface area is 118 Å². The molecule has 1 aromatic carbocycles. The number of halogens is 2. The predicted octanol–water partition coefficient (Wildman–Crippen LogP) is 2.94. The lowest BCUT2D eigenvalue weighted by Crippen LogP contribution is -2.00. The van der Waals surface area contributed by atoms with Crippen LogP contribution in [0.5, 0.6) is 5.75 Å². The van der Waals surface area contributed by atoms with Crippen molar-refractivity contribution < 1.29 is 27.9 Å². The van der Waals surface area contributed by atoms with Crippen LogP contribution in [0, 0.1) is 18.6 Å². The molecule has 21 heavy (non-hydrogen) atoms. The van der Waals surface area contributed by atoms with E-state index in [0.717, 1.165) is 24.3 Å². The second-order valence-electron chi connectivity index (χ2n) is 4.21. The maximum absolute atomic E-state index is 13.8. The zero-order valence-electron chi connectivity index (χ0n) is 11.0. The van der Waals surface area contributed by atoms with Crippen molar-refractivity contribution in [3.8, 4) is 5.75 Å². The van der Waals surface area contributed by atoms with Crippen molar-refractivity contribution in [1.29, 1.82) is 0 Å². The number of rotatable bonds is 5. The van der Waals surface area contributed by atoms with Gasteiger partial charge in [-0.3, -0.25) is 0 Å². The highest BCUT2D eigenvalue weighted by atomic mass is 19.1. The Hall–Kier alpha value is -2.70. The molecular weight excluding hydrogens is 284 g/mol. The van der Waals surface area contributed by atoms with Gasteiger partial charge in [0.25, 0.3) is 0 Å². The van der Waals surface area contributed by atoms with Crippen molar-refractivity contribution in [3.05, 3.63) is 52.9 Å². The maximum Gasteiger partial charge on any atom is 0.328 e. The van der Waals surface area contributed by atoms with Gasteiger partial charge in [-0.1, -0.05) is 5.16 Å². The van der Waals surface area contributed by atoms with Gasteiger partial charge >= 0.3 is 5.97 Å². The normalized spacial score (nSPS) is 11.0. The average Bonchev–Trinajstić information content (AvgIpc) is 2.81. The standard InChI is InChI=1S/C14H11F2NO4/c1-8-4-10(21-17-8)7-20-14-11(15)5-9(6-12(14)16)2-3-13(18)19/h2-6H,7H2,1H3,(H,18,19). The summed E-state index contributed by atoms with van der Waals surface area (Å²) in [5.74, 6) is -3.30. The lowest BCUT2D eigenvalue weighted by molar-refractivity contribution is -0.131. The van der Waals surface area contributed by atoms with Gasteiger partial charge in [-0.2, -0.15) is 0 Å².